The number of hydrogen-bond donors (Lipinski definition) is 3. The summed E-state index contributed by atoms with van der Waals surface area (Å²) in [6.07, 6.45) is 3.63. The molecule has 0 aliphatic carbocycles. The maximum Gasteiger partial charge on any atom is 0.261 e. The monoisotopic (exact) mass is 314 g/mol. The minimum Gasteiger partial charge on any atom is -0.303 e. The number of hydrogen-bond acceptors (Lipinski definition) is 6. The summed E-state index contributed by atoms with van der Waals surface area (Å²) in [5.41, 5.74) is 2.43. The summed E-state index contributed by atoms with van der Waals surface area (Å²) in [6.45, 7) is 0.700. The second-order valence-electron chi connectivity index (χ2n) is 4.76. The van der Waals surface area contributed by atoms with Gasteiger partial charge in [0.15, 0.2) is 0 Å². The van der Waals surface area contributed by atoms with Crippen LogP contribution in [0.25, 0.3) is 0 Å². The van der Waals surface area contributed by atoms with Crippen molar-refractivity contribution in [2.45, 2.75) is 12.5 Å². The number of pyridine rings is 1. The molecular formula is C12H18N4O4S. The number of aromatic nitrogens is 1. The Morgan fingerprint density at radius 3 is 2.86 bits per heavy atom. The molecule has 1 aliphatic rings. The van der Waals surface area contributed by atoms with E-state index < -0.39 is 22.0 Å². The van der Waals surface area contributed by atoms with Crippen LogP contribution in [0, 0.1) is 0 Å². The molecule has 1 saturated heterocycles. The van der Waals surface area contributed by atoms with Crippen LogP contribution in [0.15, 0.2) is 24.5 Å². The topological polar surface area (TPSA) is 112 Å². The van der Waals surface area contributed by atoms with Crippen LogP contribution in [-0.4, -0.2) is 60.3 Å². The van der Waals surface area contributed by atoms with Gasteiger partial charge < -0.3 is 5.32 Å². The fourth-order valence-corrected chi connectivity index (χ4v) is 3.65. The van der Waals surface area contributed by atoms with E-state index in [1.807, 2.05) is 0 Å². The Morgan fingerprint density at radius 2 is 2.19 bits per heavy atom. The molecule has 8 nitrogen and oxygen atoms in total. The molecule has 1 aromatic rings. The zero-order valence-corrected chi connectivity index (χ0v) is 12.2. The fourth-order valence-electron chi connectivity index (χ4n) is 2.15. The number of nitrogens with one attached hydrogen (secondary N) is 2. The van der Waals surface area contributed by atoms with Crippen LogP contribution >= 0.6 is 0 Å². The standard InChI is InChI=1S/C12H18N4O4S/c17-12(15-18)11-9-16(7-6-14-11)21(19,20)8-3-10-1-4-13-5-2-10/h1-2,4-5,11,14,18H,3,6-9H2,(H,15,17). The number of aryl methyl sites for hydroxylation is 1. The molecule has 3 N–H and O–H groups in total. The summed E-state index contributed by atoms with van der Waals surface area (Å²) >= 11 is 0. The van der Waals surface area contributed by atoms with Crippen LogP contribution in [0.2, 0.25) is 0 Å². The predicted molar refractivity (Wildman–Crippen MR) is 75.0 cm³/mol. The number of hydroxylamine groups is 1. The molecule has 116 valence electrons. The summed E-state index contributed by atoms with van der Waals surface area (Å²) in [5.74, 6) is -0.658. The third kappa shape index (κ3) is 4.21. The van der Waals surface area contributed by atoms with Crippen LogP contribution in [0.3, 0.4) is 0 Å². The number of nitrogens with zero attached hydrogens (tertiary/aromatic N) is 2. The molecule has 1 aliphatic heterocycles. The van der Waals surface area contributed by atoms with E-state index in [1.54, 1.807) is 24.5 Å². The lowest BCUT2D eigenvalue weighted by Gasteiger charge is -2.31. The van der Waals surface area contributed by atoms with Crippen molar-refractivity contribution in [1.29, 1.82) is 0 Å². The van der Waals surface area contributed by atoms with E-state index >= 15 is 0 Å². The Balaban J connectivity index is 1.97. The molecule has 1 atom stereocenters. The first-order valence-electron chi connectivity index (χ1n) is 6.57. The molecule has 1 unspecified atom stereocenters. The quantitative estimate of drug-likeness (QED) is 0.462. The van der Waals surface area contributed by atoms with Gasteiger partial charge in [0.25, 0.3) is 5.91 Å². The third-order valence-electron chi connectivity index (χ3n) is 3.36. The molecule has 2 rings (SSSR count). The Hall–Kier alpha value is -1.55. The van der Waals surface area contributed by atoms with E-state index in [4.69, 9.17) is 5.21 Å². The van der Waals surface area contributed by atoms with Crippen molar-refractivity contribution in [3.8, 4) is 0 Å². The molecule has 2 heterocycles. The van der Waals surface area contributed by atoms with Gasteiger partial charge >= 0.3 is 0 Å². The van der Waals surface area contributed by atoms with Gasteiger partial charge in [0, 0.05) is 32.0 Å². The van der Waals surface area contributed by atoms with Crippen LogP contribution < -0.4 is 10.8 Å². The largest absolute Gasteiger partial charge is 0.303 e. The zero-order valence-electron chi connectivity index (χ0n) is 11.4. The van der Waals surface area contributed by atoms with E-state index in [0.29, 0.717) is 19.5 Å². The SMILES string of the molecule is O=C(NO)C1CN(S(=O)(=O)CCc2ccncc2)CCN1. The van der Waals surface area contributed by atoms with Gasteiger partial charge in [0.05, 0.1) is 5.75 Å². The van der Waals surface area contributed by atoms with Gasteiger partial charge in [-0.2, -0.15) is 4.31 Å². The molecule has 1 fully saturated rings. The molecule has 0 bridgehead atoms. The van der Waals surface area contributed by atoms with Crippen LogP contribution in [-0.2, 0) is 21.2 Å². The van der Waals surface area contributed by atoms with E-state index in [-0.39, 0.29) is 12.3 Å². The van der Waals surface area contributed by atoms with Crippen molar-refractivity contribution < 1.29 is 18.4 Å². The first-order chi connectivity index (χ1) is 10.0. The third-order valence-corrected chi connectivity index (χ3v) is 5.19. The van der Waals surface area contributed by atoms with Gasteiger partial charge in [-0.1, -0.05) is 0 Å². The highest BCUT2D eigenvalue weighted by Gasteiger charge is 2.31. The first kappa shape index (κ1) is 15.8. The number of piperazine rings is 1. The Kier molecular flexibility index (Phi) is 5.23. The first-order valence-corrected chi connectivity index (χ1v) is 8.18. The molecular weight excluding hydrogens is 296 g/mol. The molecule has 1 amide bonds. The number of rotatable bonds is 5. The highest BCUT2D eigenvalue weighted by Crippen LogP contribution is 2.09. The molecule has 9 heteroatoms. The minimum atomic E-state index is -3.44. The van der Waals surface area contributed by atoms with Gasteiger partial charge in [-0.15, -0.1) is 0 Å². The summed E-state index contributed by atoms with van der Waals surface area (Å²) in [7, 11) is -3.44. The number of carbonyl (C=O) groups excluding carboxylic acids is 1. The normalized spacial score (nSPS) is 20.1. The lowest BCUT2D eigenvalue weighted by Crippen LogP contribution is -2.58. The smallest absolute Gasteiger partial charge is 0.261 e. The van der Waals surface area contributed by atoms with E-state index in [0.717, 1.165) is 5.56 Å². The minimum absolute atomic E-state index is 0.0189. The number of carbonyl (C=O) groups is 1. The Morgan fingerprint density at radius 1 is 1.48 bits per heavy atom. The maximum absolute atomic E-state index is 12.3. The Labute approximate surface area is 123 Å². The molecule has 0 aromatic carbocycles. The van der Waals surface area contributed by atoms with Gasteiger partial charge in [0.2, 0.25) is 10.0 Å². The lowest BCUT2D eigenvalue weighted by molar-refractivity contribution is -0.132. The van der Waals surface area contributed by atoms with Gasteiger partial charge in [-0.25, -0.2) is 13.9 Å². The molecule has 0 radical (unpaired) electrons. The van der Waals surface area contributed by atoms with Gasteiger partial charge in [0.1, 0.15) is 6.04 Å². The maximum atomic E-state index is 12.3. The number of amides is 1. The van der Waals surface area contributed by atoms with Crippen LogP contribution in [0.4, 0.5) is 0 Å². The van der Waals surface area contributed by atoms with Crippen molar-refractivity contribution in [3.63, 3.8) is 0 Å². The van der Waals surface area contributed by atoms with Crippen molar-refractivity contribution in [2.24, 2.45) is 0 Å². The second-order valence-corrected chi connectivity index (χ2v) is 6.85. The average molecular weight is 314 g/mol. The molecule has 21 heavy (non-hydrogen) atoms. The summed E-state index contributed by atoms with van der Waals surface area (Å²) in [4.78, 5) is 15.2. The lowest BCUT2D eigenvalue weighted by atomic mass is 10.2. The molecule has 0 spiro atoms. The summed E-state index contributed by atoms with van der Waals surface area (Å²) in [5, 5.41) is 11.5. The summed E-state index contributed by atoms with van der Waals surface area (Å²) in [6, 6.07) is 2.81. The summed E-state index contributed by atoms with van der Waals surface area (Å²) < 4.78 is 25.9. The van der Waals surface area contributed by atoms with Crippen molar-refractivity contribution in [1.82, 2.24) is 20.1 Å². The average Bonchev–Trinajstić information content (AvgIpc) is 2.53. The van der Waals surface area contributed by atoms with Gasteiger partial charge in [-0.3, -0.25) is 15.0 Å². The predicted octanol–water partition coefficient (Wildman–Crippen LogP) is -1.27. The zero-order chi connectivity index (χ0) is 15.3. The van der Waals surface area contributed by atoms with Crippen LogP contribution in [0.5, 0.6) is 0 Å². The number of sulfonamides is 1. The van der Waals surface area contributed by atoms with Crippen molar-refractivity contribution in [3.05, 3.63) is 30.1 Å². The van der Waals surface area contributed by atoms with Crippen molar-refractivity contribution >= 4 is 15.9 Å². The van der Waals surface area contributed by atoms with Crippen molar-refractivity contribution in [2.75, 3.05) is 25.4 Å². The Bertz CT molecular complexity index is 578. The second kappa shape index (κ2) is 6.94. The van der Waals surface area contributed by atoms with E-state index in [2.05, 4.69) is 10.3 Å². The van der Waals surface area contributed by atoms with Crippen LogP contribution in [0.1, 0.15) is 5.56 Å². The fraction of sp³-hybridized carbons (Fsp3) is 0.500. The molecule has 1 aromatic heterocycles. The highest BCUT2D eigenvalue weighted by atomic mass is 32.2. The van der Waals surface area contributed by atoms with Gasteiger partial charge in [-0.05, 0) is 24.1 Å². The van der Waals surface area contributed by atoms with E-state index in [9.17, 15) is 13.2 Å². The van der Waals surface area contributed by atoms with E-state index in [1.165, 1.54) is 9.79 Å². The molecule has 0 saturated carbocycles. The highest BCUT2D eigenvalue weighted by molar-refractivity contribution is 7.89.